The molecule has 1 aliphatic heterocycles. The average Bonchev–Trinajstić information content (AvgIpc) is 2.73. The molecule has 2 amide bonds. The zero-order chi connectivity index (χ0) is 22.6. The Kier molecular flexibility index (Phi) is 6.68. The number of benzene rings is 1. The van der Waals surface area contributed by atoms with Crippen LogP contribution >= 0.6 is 0 Å². The lowest BCUT2D eigenvalue weighted by Gasteiger charge is -2.33. The van der Waals surface area contributed by atoms with E-state index in [1.54, 1.807) is 48.5 Å². The summed E-state index contributed by atoms with van der Waals surface area (Å²) in [5.74, 6) is 0.546. The van der Waals surface area contributed by atoms with Gasteiger partial charge in [0.1, 0.15) is 11.4 Å². The van der Waals surface area contributed by atoms with Crippen LogP contribution in [0.3, 0.4) is 0 Å². The molecule has 0 atom stereocenters. The Morgan fingerprint density at radius 1 is 1.03 bits per heavy atom. The SMILES string of the molecule is COc1ccc(-n2cc(C(=O)N3CCC(NC(=O)OC(C)(C)C)CC3)ccc2=O)cc1. The molecule has 2 aromatic rings. The van der Waals surface area contributed by atoms with Crippen molar-refractivity contribution in [1.29, 1.82) is 0 Å². The van der Waals surface area contributed by atoms with Crippen LogP contribution in [0.15, 0.2) is 47.4 Å². The predicted molar refractivity (Wildman–Crippen MR) is 117 cm³/mol. The molecule has 0 aliphatic carbocycles. The van der Waals surface area contributed by atoms with Crippen LogP contribution in [-0.4, -0.2) is 53.3 Å². The Morgan fingerprint density at radius 3 is 2.26 bits per heavy atom. The first-order valence-corrected chi connectivity index (χ1v) is 10.3. The highest BCUT2D eigenvalue weighted by Gasteiger charge is 2.26. The summed E-state index contributed by atoms with van der Waals surface area (Å²) in [5, 5.41) is 2.87. The van der Waals surface area contributed by atoms with E-state index in [0.717, 1.165) is 0 Å². The summed E-state index contributed by atoms with van der Waals surface area (Å²) < 4.78 is 11.9. The van der Waals surface area contributed by atoms with Crippen LogP contribution in [0.5, 0.6) is 5.75 Å². The van der Waals surface area contributed by atoms with Crippen LogP contribution in [0, 0.1) is 0 Å². The molecule has 1 aromatic carbocycles. The third-order valence-electron chi connectivity index (χ3n) is 5.01. The molecule has 166 valence electrons. The summed E-state index contributed by atoms with van der Waals surface area (Å²) in [7, 11) is 1.58. The molecule has 3 rings (SSSR count). The lowest BCUT2D eigenvalue weighted by atomic mass is 10.0. The van der Waals surface area contributed by atoms with Crippen LogP contribution in [0.4, 0.5) is 4.79 Å². The van der Waals surface area contributed by atoms with Gasteiger partial charge >= 0.3 is 6.09 Å². The Labute approximate surface area is 181 Å². The number of pyridine rings is 1. The van der Waals surface area contributed by atoms with Crippen molar-refractivity contribution in [3.05, 3.63) is 58.5 Å². The van der Waals surface area contributed by atoms with E-state index in [-0.39, 0.29) is 17.5 Å². The molecule has 0 radical (unpaired) electrons. The topological polar surface area (TPSA) is 89.9 Å². The number of hydrogen-bond acceptors (Lipinski definition) is 5. The van der Waals surface area contributed by atoms with E-state index in [1.165, 1.54) is 10.6 Å². The number of carbonyl (C=O) groups excluding carboxylic acids is 2. The number of hydrogen-bond donors (Lipinski definition) is 1. The van der Waals surface area contributed by atoms with Gasteiger partial charge in [-0.15, -0.1) is 0 Å². The molecule has 0 bridgehead atoms. The van der Waals surface area contributed by atoms with Gasteiger partial charge in [0.15, 0.2) is 0 Å². The van der Waals surface area contributed by atoms with E-state index in [1.807, 2.05) is 20.8 Å². The first kappa shape index (κ1) is 22.4. The second-order valence-corrected chi connectivity index (χ2v) is 8.54. The fourth-order valence-corrected chi connectivity index (χ4v) is 3.44. The Hall–Kier alpha value is -3.29. The second-order valence-electron chi connectivity index (χ2n) is 8.54. The summed E-state index contributed by atoms with van der Waals surface area (Å²) in [5.41, 5.74) is 0.324. The summed E-state index contributed by atoms with van der Waals surface area (Å²) >= 11 is 0. The number of nitrogens with one attached hydrogen (secondary N) is 1. The fourth-order valence-electron chi connectivity index (χ4n) is 3.44. The van der Waals surface area contributed by atoms with Crippen LogP contribution in [0.2, 0.25) is 0 Å². The number of rotatable bonds is 4. The van der Waals surface area contributed by atoms with Crippen molar-refractivity contribution in [2.75, 3.05) is 20.2 Å². The number of ether oxygens (including phenoxy) is 2. The first-order chi connectivity index (χ1) is 14.7. The van der Waals surface area contributed by atoms with Crippen molar-refractivity contribution in [1.82, 2.24) is 14.8 Å². The third kappa shape index (κ3) is 5.87. The normalized spacial score (nSPS) is 14.8. The number of alkyl carbamates (subject to hydrolysis) is 1. The number of carbonyl (C=O) groups is 2. The quantitative estimate of drug-likeness (QED) is 0.810. The standard InChI is InChI=1S/C23H29N3O5/c1-23(2,3)31-22(29)24-17-11-13-25(14-12-17)21(28)16-5-10-20(27)26(15-16)18-6-8-19(30-4)9-7-18/h5-10,15,17H,11-14H2,1-4H3,(H,24,29). The van der Waals surface area contributed by atoms with Gasteiger partial charge in [0, 0.05) is 37.1 Å². The molecule has 0 saturated carbocycles. The zero-order valence-corrected chi connectivity index (χ0v) is 18.4. The second kappa shape index (κ2) is 9.24. The molecule has 1 aromatic heterocycles. The van der Waals surface area contributed by atoms with Gasteiger partial charge < -0.3 is 19.7 Å². The number of nitrogens with zero attached hydrogens (tertiary/aromatic N) is 2. The smallest absolute Gasteiger partial charge is 0.407 e. The Morgan fingerprint density at radius 2 is 1.68 bits per heavy atom. The number of methoxy groups -OCH3 is 1. The van der Waals surface area contributed by atoms with Crippen LogP contribution < -0.4 is 15.6 Å². The molecule has 31 heavy (non-hydrogen) atoms. The molecule has 8 nitrogen and oxygen atoms in total. The van der Waals surface area contributed by atoms with Gasteiger partial charge in [0.2, 0.25) is 0 Å². The van der Waals surface area contributed by atoms with Crippen molar-refractivity contribution < 1.29 is 19.1 Å². The van der Waals surface area contributed by atoms with Gasteiger partial charge in [-0.3, -0.25) is 14.2 Å². The highest BCUT2D eigenvalue weighted by Crippen LogP contribution is 2.17. The molecule has 1 fully saturated rings. The van der Waals surface area contributed by atoms with Gasteiger partial charge in [0.05, 0.1) is 12.7 Å². The maximum Gasteiger partial charge on any atom is 0.407 e. The maximum absolute atomic E-state index is 13.0. The van der Waals surface area contributed by atoms with Crippen LogP contribution in [-0.2, 0) is 4.74 Å². The highest BCUT2D eigenvalue weighted by molar-refractivity contribution is 5.94. The maximum atomic E-state index is 13.0. The number of likely N-dealkylation sites (tertiary alicyclic amines) is 1. The average molecular weight is 428 g/mol. The van der Waals surface area contributed by atoms with E-state index >= 15 is 0 Å². The molecule has 1 saturated heterocycles. The molecular formula is C23H29N3O5. The minimum absolute atomic E-state index is 0.0350. The fraction of sp³-hybridized carbons (Fsp3) is 0.435. The van der Waals surface area contributed by atoms with Gasteiger partial charge in [0.25, 0.3) is 11.5 Å². The molecule has 0 spiro atoms. The summed E-state index contributed by atoms with van der Waals surface area (Å²) in [4.78, 5) is 39.0. The van der Waals surface area contributed by atoms with E-state index in [9.17, 15) is 14.4 Å². The largest absolute Gasteiger partial charge is 0.497 e. The predicted octanol–water partition coefficient (Wildman–Crippen LogP) is 2.98. The minimum Gasteiger partial charge on any atom is -0.497 e. The molecule has 8 heteroatoms. The number of aromatic nitrogens is 1. The third-order valence-corrected chi connectivity index (χ3v) is 5.01. The molecule has 1 aliphatic rings. The first-order valence-electron chi connectivity index (χ1n) is 10.3. The van der Waals surface area contributed by atoms with E-state index in [0.29, 0.717) is 42.9 Å². The Balaban J connectivity index is 1.64. The molecular weight excluding hydrogens is 398 g/mol. The van der Waals surface area contributed by atoms with Crippen molar-refractivity contribution in [2.45, 2.75) is 45.3 Å². The van der Waals surface area contributed by atoms with E-state index in [4.69, 9.17) is 9.47 Å². The van der Waals surface area contributed by atoms with E-state index < -0.39 is 11.7 Å². The highest BCUT2D eigenvalue weighted by atomic mass is 16.6. The van der Waals surface area contributed by atoms with Crippen molar-refractivity contribution in [3.8, 4) is 11.4 Å². The van der Waals surface area contributed by atoms with Crippen LogP contribution in [0.1, 0.15) is 44.0 Å². The summed E-state index contributed by atoms with van der Waals surface area (Å²) in [6.07, 6.45) is 2.41. The van der Waals surface area contributed by atoms with Crippen molar-refractivity contribution >= 4 is 12.0 Å². The summed E-state index contributed by atoms with van der Waals surface area (Å²) in [6, 6.07) is 9.97. The van der Waals surface area contributed by atoms with Crippen molar-refractivity contribution in [3.63, 3.8) is 0 Å². The summed E-state index contributed by atoms with van der Waals surface area (Å²) in [6.45, 7) is 6.49. The number of piperidine rings is 1. The Bertz CT molecular complexity index is 984. The van der Waals surface area contributed by atoms with Crippen LogP contribution in [0.25, 0.3) is 5.69 Å². The van der Waals surface area contributed by atoms with Gasteiger partial charge in [-0.2, -0.15) is 0 Å². The molecule has 0 unspecified atom stereocenters. The van der Waals surface area contributed by atoms with E-state index in [2.05, 4.69) is 5.32 Å². The molecule has 1 N–H and O–H groups in total. The minimum atomic E-state index is -0.548. The van der Waals surface area contributed by atoms with Gasteiger partial charge in [-0.05, 0) is 63.9 Å². The zero-order valence-electron chi connectivity index (χ0n) is 18.4. The number of amides is 2. The molecule has 2 heterocycles. The lowest BCUT2D eigenvalue weighted by Crippen LogP contribution is -2.47. The lowest BCUT2D eigenvalue weighted by molar-refractivity contribution is 0.0473. The van der Waals surface area contributed by atoms with Gasteiger partial charge in [-0.1, -0.05) is 0 Å². The monoisotopic (exact) mass is 427 g/mol. The van der Waals surface area contributed by atoms with Gasteiger partial charge in [-0.25, -0.2) is 4.79 Å². The van der Waals surface area contributed by atoms with Crippen molar-refractivity contribution in [2.24, 2.45) is 0 Å².